The number of imide groups is 1. The van der Waals surface area contributed by atoms with Crippen LogP contribution in [0.3, 0.4) is 0 Å². The zero-order valence-electron chi connectivity index (χ0n) is 20.2. The van der Waals surface area contributed by atoms with E-state index < -0.39 is 4.75 Å². The Labute approximate surface area is 214 Å². The number of benzene rings is 2. The van der Waals surface area contributed by atoms with Crippen LogP contribution in [0, 0.1) is 0 Å². The van der Waals surface area contributed by atoms with Crippen molar-refractivity contribution in [2.24, 2.45) is 0 Å². The highest BCUT2D eigenvalue weighted by Crippen LogP contribution is 2.35. The summed E-state index contributed by atoms with van der Waals surface area (Å²) in [6.07, 6.45) is 3.08. The summed E-state index contributed by atoms with van der Waals surface area (Å²) < 4.78 is 10.8. The van der Waals surface area contributed by atoms with Crippen LogP contribution in [0.5, 0.6) is 5.75 Å². The van der Waals surface area contributed by atoms with E-state index in [0.29, 0.717) is 24.3 Å². The second kappa shape index (κ2) is 11.4. The number of carbonyl (C=O) groups excluding carboxylic acids is 3. The molecule has 1 aliphatic rings. The summed E-state index contributed by atoms with van der Waals surface area (Å²) in [7, 11) is 0. The minimum atomic E-state index is -0.815. The summed E-state index contributed by atoms with van der Waals surface area (Å²) in [4.78, 5) is 40.6. The van der Waals surface area contributed by atoms with E-state index in [0.717, 1.165) is 35.0 Å². The van der Waals surface area contributed by atoms with Crippen molar-refractivity contribution in [2.75, 3.05) is 13.2 Å². The Morgan fingerprint density at radius 3 is 2.39 bits per heavy atom. The summed E-state index contributed by atoms with van der Waals surface area (Å²) >= 11 is 1.02. The molecule has 2 unspecified atom stereocenters. The molecule has 1 fully saturated rings. The first-order chi connectivity index (χ1) is 17.4. The number of nitrogens with one attached hydrogen (secondary N) is 1. The smallest absolute Gasteiger partial charge is 0.338 e. The van der Waals surface area contributed by atoms with Crippen LogP contribution in [0.4, 0.5) is 4.79 Å². The third kappa shape index (κ3) is 6.31. The number of esters is 1. The molecule has 36 heavy (non-hydrogen) atoms. The van der Waals surface area contributed by atoms with Gasteiger partial charge in [0.05, 0.1) is 18.1 Å². The minimum absolute atomic E-state index is 0.150. The number of rotatable bonds is 10. The van der Waals surface area contributed by atoms with Crippen LogP contribution in [0.2, 0.25) is 0 Å². The Balaban J connectivity index is 1.40. The summed E-state index contributed by atoms with van der Waals surface area (Å²) in [6, 6.07) is 20.3. The molecular formula is C28H28N2O5S. The van der Waals surface area contributed by atoms with E-state index >= 15 is 0 Å². The maximum atomic E-state index is 12.5. The van der Waals surface area contributed by atoms with Gasteiger partial charge >= 0.3 is 5.97 Å². The van der Waals surface area contributed by atoms with Gasteiger partial charge in [-0.1, -0.05) is 43.3 Å². The van der Waals surface area contributed by atoms with Gasteiger partial charge in [-0.25, -0.2) is 4.79 Å². The first kappa shape index (κ1) is 25.4. The maximum Gasteiger partial charge on any atom is 0.338 e. The van der Waals surface area contributed by atoms with Gasteiger partial charge in [0.25, 0.3) is 5.24 Å². The lowest BCUT2D eigenvalue weighted by molar-refractivity contribution is -0.121. The highest BCUT2D eigenvalue weighted by molar-refractivity contribution is 8.16. The molecule has 2 heterocycles. The molecule has 0 aliphatic carbocycles. The molecule has 1 aromatic heterocycles. The fraction of sp³-hybridized carbons (Fsp3) is 0.286. The molecule has 8 heteroatoms. The number of hydrogen-bond donors (Lipinski definition) is 1. The van der Waals surface area contributed by atoms with Gasteiger partial charge in [-0.3, -0.25) is 19.9 Å². The second-order valence-corrected chi connectivity index (χ2v) is 10.3. The quantitative estimate of drug-likeness (QED) is 0.391. The fourth-order valence-electron chi connectivity index (χ4n) is 3.87. The second-order valence-electron chi connectivity index (χ2n) is 8.80. The van der Waals surface area contributed by atoms with E-state index in [-0.39, 0.29) is 29.6 Å². The largest absolute Gasteiger partial charge is 0.493 e. The molecule has 7 nitrogen and oxygen atoms in total. The van der Waals surface area contributed by atoms with E-state index in [9.17, 15) is 14.4 Å². The third-order valence-corrected chi connectivity index (χ3v) is 7.10. The Hall–Kier alpha value is -3.65. The van der Waals surface area contributed by atoms with Crippen molar-refractivity contribution in [3.8, 4) is 5.75 Å². The molecule has 1 N–H and O–H groups in total. The lowest BCUT2D eigenvalue weighted by atomic mass is 9.99. The Morgan fingerprint density at radius 1 is 1.03 bits per heavy atom. The molecule has 0 radical (unpaired) electrons. The van der Waals surface area contributed by atoms with Gasteiger partial charge in [0, 0.05) is 11.9 Å². The molecule has 2 amide bonds. The number of aryl methyl sites for hydroxylation is 1. The van der Waals surface area contributed by atoms with Gasteiger partial charge in [0.15, 0.2) is 0 Å². The SMILES string of the molecule is CCc1ccc(C(COC(=O)c2ccccc2)COc2ccc(CC3(C)SC(=O)NC3=O)cc2)cn1. The summed E-state index contributed by atoms with van der Waals surface area (Å²) in [6.45, 7) is 4.25. The van der Waals surface area contributed by atoms with Crippen molar-refractivity contribution in [1.29, 1.82) is 0 Å². The van der Waals surface area contributed by atoms with Crippen molar-refractivity contribution >= 4 is 28.9 Å². The Morgan fingerprint density at radius 2 is 1.78 bits per heavy atom. The predicted octanol–water partition coefficient (Wildman–Crippen LogP) is 4.95. The van der Waals surface area contributed by atoms with Crippen LogP contribution >= 0.6 is 11.8 Å². The van der Waals surface area contributed by atoms with Gasteiger partial charge in [0.1, 0.15) is 17.1 Å². The van der Waals surface area contributed by atoms with Gasteiger partial charge in [-0.15, -0.1) is 0 Å². The van der Waals surface area contributed by atoms with E-state index in [4.69, 9.17) is 9.47 Å². The molecule has 4 rings (SSSR count). The van der Waals surface area contributed by atoms with Crippen LogP contribution in [0.25, 0.3) is 0 Å². The minimum Gasteiger partial charge on any atom is -0.493 e. The summed E-state index contributed by atoms with van der Waals surface area (Å²) in [5.74, 6) is -0.211. The van der Waals surface area contributed by atoms with Gasteiger partial charge in [0.2, 0.25) is 5.91 Å². The van der Waals surface area contributed by atoms with E-state index in [1.807, 2.05) is 49.4 Å². The normalized spacial score (nSPS) is 17.9. The highest BCUT2D eigenvalue weighted by atomic mass is 32.2. The first-order valence-electron chi connectivity index (χ1n) is 11.8. The molecular weight excluding hydrogens is 476 g/mol. The lowest BCUT2D eigenvalue weighted by Gasteiger charge is -2.20. The topological polar surface area (TPSA) is 94.6 Å². The molecule has 0 bridgehead atoms. The van der Waals surface area contributed by atoms with Crippen molar-refractivity contribution in [1.82, 2.24) is 10.3 Å². The number of ether oxygens (including phenoxy) is 2. The van der Waals surface area contributed by atoms with Crippen molar-refractivity contribution in [3.63, 3.8) is 0 Å². The van der Waals surface area contributed by atoms with Crippen molar-refractivity contribution in [2.45, 2.75) is 37.4 Å². The van der Waals surface area contributed by atoms with Crippen molar-refractivity contribution < 1.29 is 23.9 Å². The third-order valence-electron chi connectivity index (χ3n) is 6.04. The van der Waals surface area contributed by atoms with Crippen LogP contribution < -0.4 is 10.1 Å². The average molecular weight is 505 g/mol. The van der Waals surface area contributed by atoms with Gasteiger partial charge in [-0.05, 0) is 73.0 Å². The number of carbonyl (C=O) groups is 3. The van der Waals surface area contributed by atoms with E-state index in [2.05, 4.69) is 10.3 Å². The zero-order chi connectivity index (χ0) is 25.5. The van der Waals surface area contributed by atoms with Crippen LogP contribution in [-0.2, 0) is 22.4 Å². The molecule has 0 spiro atoms. The summed E-state index contributed by atoms with van der Waals surface area (Å²) in [5, 5.41) is 2.03. The molecule has 3 aromatic rings. The monoisotopic (exact) mass is 504 g/mol. The number of hydrogen-bond acceptors (Lipinski definition) is 7. The van der Waals surface area contributed by atoms with Gasteiger partial charge in [-0.2, -0.15) is 0 Å². The average Bonchev–Trinajstić information content (AvgIpc) is 3.15. The molecule has 2 aromatic carbocycles. The van der Waals surface area contributed by atoms with Crippen LogP contribution in [0.15, 0.2) is 72.9 Å². The Kier molecular flexibility index (Phi) is 8.05. The maximum absolute atomic E-state index is 12.5. The van der Waals surface area contributed by atoms with Gasteiger partial charge < -0.3 is 9.47 Å². The number of aromatic nitrogens is 1. The standard InChI is InChI=1S/C28H28N2O5S/c1-3-23-12-11-21(16-29-23)22(18-35-25(31)20-7-5-4-6-8-20)17-34-24-13-9-19(10-14-24)15-28(2)26(32)30-27(33)36-28/h4-14,16,22H,3,15,17-18H2,1-2H3,(H,30,32,33). The van der Waals surface area contributed by atoms with E-state index in [1.165, 1.54) is 0 Å². The number of amides is 2. The number of pyridine rings is 1. The molecule has 1 aliphatic heterocycles. The molecule has 0 saturated carbocycles. The Bertz CT molecular complexity index is 1210. The first-order valence-corrected chi connectivity index (χ1v) is 12.6. The van der Waals surface area contributed by atoms with Crippen molar-refractivity contribution in [3.05, 3.63) is 95.3 Å². The summed E-state index contributed by atoms with van der Waals surface area (Å²) in [5.41, 5.74) is 3.33. The van der Waals surface area contributed by atoms with E-state index in [1.54, 1.807) is 37.4 Å². The number of thioether (sulfide) groups is 1. The fourth-order valence-corrected chi connectivity index (χ4v) is 4.80. The molecule has 186 valence electrons. The van der Waals surface area contributed by atoms with Crippen LogP contribution in [-0.4, -0.2) is 40.1 Å². The zero-order valence-corrected chi connectivity index (χ0v) is 21.0. The molecule has 1 saturated heterocycles. The highest BCUT2D eigenvalue weighted by Gasteiger charge is 2.43. The number of nitrogens with zero attached hydrogens (tertiary/aromatic N) is 1. The molecule has 2 atom stereocenters. The predicted molar refractivity (Wildman–Crippen MR) is 138 cm³/mol. The lowest BCUT2D eigenvalue weighted by Crippen LogP contribution is -2.35. The van der Waals surface area contributed by atoms with Crippen LogP contribution in [0.1, 0.15) is 46.9 Å².